The maximum atomic E-state index is 4.71. The van der Waals surface area contributed by atoms with Crippen molar-refractivity contribution in [2.45, 2.75) is 64.8 Å². The minimum Gasteiger partial charge on any atom is -0.373 e. The lowest BCUT2D eigenvalue weighted by molar-refractivity contribution is 0.543. The number of nitrogens with one attached hydrogen (secondary N) is 2. The van der Waals surface area contributed by atoms with E-state index < -0.39 is 0 Å². The summed E-state index contributed by atoms with van der Waals surface area (Å²) < 4.78 is 0. The van der Waals surface area contributed by atoms with Gasteiger partial charge in [-0.25, -0.2) is 9.97 Å². The van der Waals surface area contributed by atoms with Crippen molar-refractivity contribution in [3.05, 3.63) is 11.9 Å². The first-order chi connectivity index (χ1) is 9.42. The molecule has 0 aromatic carbocycles. The number of nitrogens with zero attached hydrogens (tertiary/aromatic N) is 2. The zero-order chi connectivity index (χ0) is 14.8. The normalized spacial score (nSPS) is 16.9. The average Bonchev–Trinajstić information content (AvgIpc) is 3.20. The second-order valence-corrected chi connectivity index (χ2v) is 6.89. The van der Waals surface area contributed by atoms with Gasteiger partial charge >= 0.3 is 0 Å². The first kappa shape index (κ1) is 15.1. The fourth-order valence-corrected chi connectivity index (χ4v) is 2.28. The van der Waals surface area contributed by atoms with Crippen molar-refractivity contribution in [2.24, 2.45) is 5.92 Å². The molecule has 1 aliphatic carbocycles. The van der Waals surface area contributed by atoms with Gasteiger partial charge < -0.3 is 10.6 Å². The van der Waals surface area contributed by atoms with Crippen LogP contribution in [0.15, 0.2) is 6.07 Å². The van der Waals surface area contributed by atoms with Crippen molar-refractivity contribution in [1.29, 1.82) is 0 Å². The van der Waals surface area contributed by atoms with Gasteiger partial charge in [0.05, 0.1) is 0 Å². The summed E-state index contributed by atoms with van der Waals surface area (Å²) in [5.41, 5.74) is -0.0402. The molecule has 0 spiro atoms. The summed E-state index contributed by atoms with van der Waals surface area (Å²) >= 11 is 0. The largest absolute Gasteiger partial charge is 0.373 e. The van der Waals surface area contributed by atoms with Crippen LogP contribution in [0, 0.1) is 5.92 Å². The van der Waals surface area contributed by atoms with Gasteiger partial charge in [0.15, 0.2) is 0 Å². The Hall–Kier alpha value is -1.32. The first-order valence-electron chi connectivity index (χ1n) is 7.76. The molecule has 20 heavy (non-hydrogen) atoms. The number of anilines is 2. The molecule has 1 atom stereocenters. The molecule has 1 fully saturated rings. The van der Waals surface area contributed by atoms with E-state index in [1.54, 1.807) is 0 Å². The second-order valence-electron chi connectivity index (χ2n) is 6.89. The van der Waals surface area contributed by atoms with E-state index in [0.29, 0.717) is 6.04 Å². The lowest BCUT2D eigenvalue weighted by Gasteiger charge is -2.21. The number of hydrogen-bond donors (Lipinski definition) is 2. The Balaban J connectivity index is 2.16. The summed E-state index contributed by atoms with van der Waals surface area (Å²) in [7, 11) is 1.90. The van der Waals surface area contributed by atoms with E-state index in [0.717, 1.165) is 29.8 Å². The van der Waals surface area contributed by atoms with Crippen molar-refractivity contribution in [2.75, 3.05) is 17.7 Å². The topological polar surface area (TPSA) is 49.8 Å². The van der Waals surface area contributed by atoms with Crippen molar-refractivity contribution in [3.63, 3.8) is 0 Å². The van der Waals surface area contributed by atoms with Gasteiger partial charge in [0, 0.05) is 24.6 Å². The third-order valence-electron chi connectivity index (χ3n) is 3.81. The predicted molar refractivity (Wildman–Crippen MR) is 85.3 cm³/mol. The van der Waals surface area contributed by atoms with Gasteiger partial charge in [0.1, 0.15) is 17.5 Å². The van der Waals surface area contributed by atoms with Crippen LogP contribution in [-0.4, -0.2) is 23.1 Å². The van der Waals surface area contributed by atoms with E-state index >= 15 is 0 Å². The molecule has 0 bridgehead atoms. The molecule has 2 rings (SSSR count). The molecule has 2 N–H and O–H groups in total. The Morgan fingerprint density at radius 2 is 1.90 bits per heavy atom. The van der Waals surface area contributed by atoms with Crippen LogP contribution in [0.2, 0.25) is 0 Å². The Morgan fingerprint density at radius 1 is 1.25 bits per heavy atom. The molecule has 1 heterocycles. The van der Waals surface area contributed by atoms with Gasteiger partial charge in [-0.05, 0) is 18.8 Å². The quantitative estimate of drug-likeness (QED) is 0.829. The fourth-order valence-electron chi connectivity index (χ4n) is 2.28. The standard InChI is InChI=1S/C16H28N4/c1-6-12(9-11-7-8-11)18-14-10-13(17-5)19-15(20-14)16(2,3)4/h10-12H,6-9H2,1-5H3,(H2,17,18,19,20). The van der Waals surface area contributed by atoms with Crippen molar-refractivity contribution >= 4 is 11.6 Å². The van der Waals surface area contributed by atoms with Crippen LogP contribution >= 0.6 is 0 Å². The van der Waals surface area contributed by atoms with Crippen LogP contribution < -0.4 is 10.6 Å². The van der Waals surface area contributed by atoms with Gasteiger partial charge in [-0.15, -0.1) is 0 Å². The summed E-state index contributed by atoms with van der Waals surface area (Å²) in [5, 5.41) is 6.73. The molecule has 0 amide bonds. The Kier molecular flexibility index (Phi) is 4.51. The fraction of sp³-hybridized carbons (Fsp3) is 0.750. The highest BCUT2D eigenvalue weighted by Crippen LogP contribution is 2.35. The van der Waals surface area contributed by atoms with Crippen LogP contribution in [0.3, 0.4) is 0 Å². The van der Waals surface area contributed by atoms with Crippen LogP contribution in [0.4, 0.5) is 11.6 Å². The average molecular weight is 276 g/mol. The molecule has 1 unspecified atom stereocenters. The molecule has 4 heteroatoms. The molecule has 1 saturated carbocycles. The van der Waals surface area contributed by atoms with Gasteiger partial charge in [-0.2, -0.15) is 0 Å². The first-order valence-corrected chi connectivity index (χ1v) is 7.76. The predicted octanol–water partition coefficient (Wildman–Crippen LogP) is 3.81. The molecule has 1 aromatic heterocycles. The monoisotopic (exact) mass is 276 g/mol. The van der Waals surface area contributed by atoms with E-state index in [4.69, 9.17) is 4.98 Å². The highest BCUT2D eigenvalue weighted by molar-refractivity contribution is 5.48. The minimum absolute atomic E-state index is 0.0402. The third-order valence-corrected chi connectivity index (χ3v) is 3.81. The van der Waals surface area contributed by atoms with Crippen molar-refractivity contribution in [3.8, 4) is 0 Å². The maximum absolute atomic E-state index is 4.71. The lowest BCUT2D eigenvalue weighted by atomic mass is 9.96. The summed E-state index contributed by atoms with van der Waals surface area (Å²) in [6, 6.07) is 2.53. The Bertz CT molecular complexity index is 446. The number of aromatic nitrogens is 2. The second kappa shape index (κ2) is 5.98. The van der Waals surface area contributed by atoms with E-state index in [1.807, 2.05) is 13.1 Å². The number of hydrogen-bond acceptors (Lipinski definition) is 4. The number of rotatable bonds is 6. The van der Waals surface area contributed by atoms with Gasteiger partial charge in [-0.1, -0.05) is 40.5 Å². The molecular weight excluding hydrogens is 248 g/mol. The Labute approximate surface area is 122 Å². The van der Waals surface area contributed by atoms with E-state index in [1.165, 1.54) is 19.3 Å². The molecule has 0 radical (unpaired) electrons. The summed E-state index contributed by atoms with van der Waals surface area (Å²) in [6.07, 6.45) is 5.20. The van der Waals surface area contributed by atoms with E-state index in [2.05, 4.69) is 43.3 Å². The minimum atomic E-state index is -0.0402. The highest BCUT2D eigenvalue weighted by atomic mass is 15.1. The SMILES string of the molecule is CCC(CC1CC1)Nc1cc(NC)nc(C(C)(C)C)n1. The van der Waals surface area contributed by atoms with Crippen LogP contribution in [-0.2, 0) is 5.41 Å². The zero-order valence-corrected chi connectivity index (χ0v) is 13.5. The van der Waals surface area contributed by atoms with E-state index in [-0.39, 0.29) is 5.41 Å². The highest BCUT2D eigenvalue weighted by Gasteiger charge is 2.25. The molecule has 112 valence electrons. The van der Waals surface area contributed by atoms with Crippen molar-refractivity contribution < 1.29 is 0 Å². The molecular formula is C16H28N4. The zero-order valence-electron chi connectivity index (χ0n) is 13.5. The Morgan fingerprint density at radius 3 is 2.40 bits per heavy atom. The maximum Gasteiger partial charge on any atom is 0.138 e. The van der Waals surface area contributed by atoms with Gasteiger partial charge in [0.25, 0.3) is 0 Å². The van der Waals surface area contributed by atoms with Gasteiger partial charge in [-0.3, -0.25) is 0 Å². The van der Waals surface area contributed by atoms with Crippen LogP contribution in [0.5, 0.6) is 0 Å². The molecule has 0 saturated heterocycles. The summed E-state index contributed by atoms with van der Waals surface area (Å²) in [4.78, 5) is 9.27. The summed E-state index contributed by atoms with van der Waals surface area (Å²) in [5.74, 6) is 3.64. The van der Waals surface area contributed by atoms with Crippen LogP contribution in [0.25, 0.3) is 0 Å². The molecule has 1 aliphatic rings. The van der Waals surface area contributed by atoms with Gasteiger partial charge in [0.2, 0.25) is 0 Å². The molecule has 4 nitrogen and oxygen atoms in total. The summed E-state index contributed by atoms with van der Waals surface area (Å²) in [6.45, 7) is 8.68. The molecule has 0 aliphatic heterocycles. The third kappa shape index (κ3) is 4.09. The van der Waals surface area contributed by atoms with E-state index in [9.17, 15) is 0 Å². The van der Waals surface area contributed by atoms with Crippen LogP contribution in [0.1, 0.15) is 59.2 Å². The lowest BCUT2D eigenvalue weighted by Crippen LogP contribution is -2.23. The van der Waals surface area contributed by atoms with Crippen molar-refractivity contribution in [1.82, 2.24) is 9.97 Å². The smallest absolute Gasteiger partial charge is 0.138 e. The molecule has 1 aromatic rings.